The van der Waals surface area contributed by atoms with Crippen LogP contribution in [0.5, 0.6) is 11.5 Å². The lowest BCUT2D eigenvalue weighted by Gasteiger charge is -2.11. The van der Waals surface area contributed by atoms with Gasteiger partial charge in [-0.1, -0.05) is 32.0 Å². The van der Waals surface area contributed by atoms with Crippen LogP contribution in [0.1, 0.15) is 36.7 Å². The molecule has 1 amide bonds. The normalized spacial score (nSPS) is 11.2. The third-order valence-electron chi connectivity index (χ3n) is 5.06. The maximum absolute atomic E-state index is 14.4. The van der Waals surface area contributed by atoms with Crippen molar-refractivity contribution in [2.45, 2.75) is 26.3 Å². The smallest absolute Gasteiger partial charge is 0.248 e. The average Bonchev–Trinajstić information content (AvgIpc) is 3.29. The largest absolute Gasteiger partial charge is 0.453 e. The molecule has 0 saturated heterocycles. The summed E-state index contributed by atoms with van der Waals surface area (Å²) in [5, 5.41) is 2.85. The highest BCUT2D eigenvalue weighted by molar-refractivity contribution is 6.01. The zero-order valence-corrected chi connectivity index (χ0v) is 19.0. The second-order valence-electron chi connectivity index (χ2n) is 8.07. The summed E-state index contributed by atoms with van der Waals surface area (Å²) in [5.41, 5.74) is 2.28. The third-order valence-corrected chi connectivity index (χ3v) is 5.06. The number of rotatable bonds is 8. The molecule has 1 N–H and O–H groups in total. The van der Waals surface area contributed by atoms with Gasteiger partial charge in [0.1, 0.15) is 11.6 Å². The lowest BCUT2D eigenvalue weighted by Crippen LogP contribution is -2.09. The average molecular weight is 457 g/mol. The predicted octanol–water partition coefficient (Wildman–Crippen LogP) is 6.03. The summed E-state index contributed by atoms with van der Waals surface area (Å²) >= 11 is 0. The molecule has 0 atom stereocenters. The van der Waals surface area contributed by atoms with E-state index < -0.39 is 5.82 Å². The fraction of sp³-hybridized carbons (Fsp3) is 0.148. The Morgan fingerprint density at radius 3 is 2.79 bits per heavy atom. The van der Waals surface area contributed by atoms with Gasteiger partial charge in [-0.3, -0.25) is 9.78 Å². The molecule has 0 fully saturated rings. The van der Waals surface area contributed by atoms with E-state index in [4.69, 9.17) is 4.74 Å². The van der Waals surface area contributed by atoms with E-state index in [0.717, 1.165) is 11.4 Å². The molecule has 7 heteroatoms. The lowest BCUT2D eigenvalue weighted by molar-refractivity contribution is -0.111. The van der Waals surface area contributed by atoms with Crippen LogP contribution in [0, 0.1) is 5.82 Å². The van der Waals surface area contributed by atoms with Gasteiger partial charge in [0.25, 0.3) is 0 Å². The number of pyridine rings is 1. The highest BCUT2D eigenvalue weighted by Gasteiger charge is 2.09. The van der Waals surface area contributed by atoms with E-state index in [2.05, 4.69) is 33.7 Å². The van der Waals surface area contributed by atoms with Gasteiger partial charge in [-0.2, -0.15) is 0 Å². The molecule has 0 aliphatic rings. The van der Waals surface area contributed by atoms with Crippen molar-refractivity contribution in [3.05, 3.63) is 108 Å². The van der Waals surface area contributed by atoms with E-state index in [-0.39, 0.29) is 11.7 Å². The van der Waals surface area contributed by atoms with Crippen LogP contribution < -0.4 is 10.1 Å². The molecule has 2 aromatic heterocycles. The highest BCUT2D eigenvalue weighted by atomic mass is 19.1. The fourth-order valence-electron chi connectivity index (χ4n) is 3.49. The summed E-state index contributed by atoms with van der Waals surface area (Å²) in [6.07, 6.45) is 9.79. The van der Waals surface area contributed by atoms with Gasteiger partial charge >= 0.3 is 0 Å². The molecular formula is C27H25FN4O2. The first-order chi connectivity index (χ1) is 16.5. The first-order valence-corrected chi connectivity index (χ1v) is 10.9. The van der Waals surface area contributed by atoms with Crippen LogP contribution in [0.4, 0.5) is 10.1 Å². The molecular weight excluding hydrogens is 431 g/mol. The molecule has 172 valence electrons. The molecule has 34 heavy (non-hydrogen) atoms. The van der Waals surface area contributed by atoms with Crippen molar-refractivity contribution in [1.82, 2.24) is 14.5 Å². The number of carbonyl (C=O) groups is 1. The second kappa shape index (κ2) is 10.6. The molecule has 4 rings (SSSR count). The van der Waals surface area contributed by atoms with Crippen molar-refractivity contribution >= 4 is 17.7 Å². The van der Waals surface area contributed by atoms with E-state index in [9.17, 15) is 9.18 Å². The van der Waals surface area contributed by atoms with Crippen LogP contribution >= 0.6 is 0 Å². The SMILES string of the molecule is CC(C)c1nccn1Cc1cccc(NC(=O)/C=C/c2ccc(Oc3cccnc3)c(F)c2)c1. The highest BCUT2D eigenvalue weighted by Crippen LogP contribution is 2.25. The summed E-state index contributed by atoms with van der Waals surface area (Å²) in [5.74, 6) is 1.04. The Balaban J connectivity index is 1.38. The number of imidazole rings is 1. The number of aromatic nitrogens is 3. The molecule has 6 nitrogen and oxygen atoms in total. The van der Waals surface area contributed by atoms with Gasteiger partial charge in [0, 0.05) is 42.8 Å². The number of anilines is 1. The van der Waals surface area contributed by atoms with Crippen molar-refractivity contribution in [2.24, 2.45) is 0 Å². The Kier molecular flexibility index (Phi) is 7.13. The number of hydrogen-bond acceptors (Lipinski definition) is 4. The van der Waals surface area contributed by atoms with Gasteiger partial charge < -0.3 is 14.6 Å². The Hall–Kier alpha value is -4.26. The minimum absolute atomic E-state index is 0.0879. The van der Waals surface area contributed by atoms with Gasteiger partial charge in [0.05, 0.1) is 6.20 Å². The number of benzene rings is 2. The van der Waals surface area contributed by atoms with Crippen LogP contribution in [0.15, 0.2) is 85.5 Å². The molecule has 0 aliphatic carbocycles. The van der Waals surface area contributed by atoms with Gasteiger partial charge in [-0.25, -0.2) is 9.37 Å². The summed E-state index contributed by atoms with van der Waals surface area (Å²) in [6.45, 7) is 4.88. The maximum Gasteiger partial charge on any atom is 0.248 e. The predicted molar refractivity (Wildman–Crippen MR) is 130 cm³/mol. The van der Waals surface area contributed by atoms with Crippen LogP contribution in [0.3, 0.4) is 0 Å². The van der Waals surface area contributed by atoms with Crippen LogP contribution in [-0.4, -0.2) is 20.4 Å². The third kappa shape index (κ3) is 5.95. The first-order valence-electron chi connectivity index (χ1n) is 10.9. The van der Waals surface area contributed by atoms with Crippen molar-refractivity contribution in [1.29, 1.82) is 0 Å². The van der Waals surface area contributed by atoms with Crippen molar-refractivity contribution in [2.75, 3.05) is 5.32 Å². The van der Waals surface area contributed by atoms with Crippen LogP contribution in [0.2, 0.25) is 0 Å². The van der Waals surface area contributed by atoms with Crippen molar-refractivity contribution in [3.63, 3.8) is 0 Å². The minimum Gasteiger partial charge on any atom is -0.453 e. The number of hydrogen-bond donors (Lipinski definition) is 1. The molecule has 0 aliphatic heterocycles. The molecule has 0 spiro atoms. The zero-order valence-electron chi connectivity index (χ0n) is 19.0. The quantitative estimate of drug-likeness (QED) is 0.329. The first kappa shape index (κ1) is 22.9. The fourth-order valence-corrected chi connectivity index (χ4v) is 3.49. The van der Waals surface area contributed by atoms with Crippen LogP contribution in [-0.2, 0) is 11.3 Å². The molecule has 0 bridgehead atoms. The molecule has 4 aromatic rings. The van der Waals surface area contributed by atoms with E-state index in [0.29, 0.717) is 29.5 Å². The van der Waals surface area contributed by atoms with Crippen molar-refractivity contribution < 1.29 is 13.9 Å². The van der Waals surface area contributed by atoms with Gasteiger partial charge in [-0.05, 0) is 53.6 Å². The van der Waals surface area contributed by atoms with Gasteiger partial charge in [-0.15, -0.1) is 0 Å². The summed E-state index contributed by atoms with van der Waals surface area (Å²) in [7, 11) is 0. The molecule has 0 saturated carbocycles. The number of amides is 1. The summed E-state index contributed by atoms with van der Waals surface area (Å²) < 4.78 is 22.0. The van der Waals surface area contributed by atoms with Crippen LogP contribution in [0.25, 0.3) is 6.08 Å². The Morgan fingerprint density at radius 2 is 2.03 bits per heavy atom. The number of ether oxygens (including phenoxy) is 1. The minimum atomic E-state index is -0.528. The number of carbonyl (C=O) groups excluding carboxylic acids is 1. The maximum atomic E-state index is 14.4. The van der Waals surface area contributed by atoms with E-state index >= 15 is 0 Å². The van der Waals surface area contributed by atoms with Gasteiger partial charge in [0.15, 0.2) is 11.6 Å². The second-order valence-corrected chi connectivity index (χ2v) is 8.07. The Bertz CT molecular complexity index is 1300. The number of nitrogens with one attached hydrogen (secondary N) is 1. The van der Waals surface area contributed by atoms with Crippen molar-refractivity contribution in [3.8, 4) is 11.5 Å². The summed E-state index contributed by atoms with van der Waals surface area (Å²) in [4.78, 5) is 20.8. The molecule has 0 unspecified atom stereocenters. The van der Waals surface area contributed by atoms with E-state index in [1.807, 2.05) is 30.5 Å². The monoisotopic (exact) mass is 456 g/mol. The standard InChI is InChI=1S/C27H25FN4O2/c1-19(2)27-30-13-14-32(27)18-21-5-3-6-22(15-21)31-26(33)11-9-20-8-10-25(24(28)16-20)34-23-7-4-12-29-17-23/h3-17,19H,18H2,1-2H3,(H,31,33)/b11-9+. The number of halogens is 1. The molecule has 2 heterocycles. The number of nitrogens with zero attached hydrogens (tertiary/aromatic N) is 3. The summed E-state index contributed by atoms with van der Waals surface area (Å²) in [6, 6.07) is 15.6. The molecule has 0 radical (unpaired) electrons. The van der Waals surface area contributed by atoms with E-state index in [1.54, 1.807) is 36.7 Å². The van der Waals surface area contributed by atoms with Gasteiger partial charge in [0.2, 0.25) is 5.91 Å². The van der Waals surface area contributed by atoms with E-state index in [1.165, 1.54) is 24.4 Å². The topological polar surface area (TPSA) is 69.0 Å². The Morgan fingerprint density at radius 1 is 1.15 bits per heavy atom. The lowest BCUT2D eigenvalue weighted by atomic mass is 10.1. The molecule has 2 aromatic carbocycles. The zero-order chi connectivity index (χ0) is 23.9. The Labute approximate surface area is 197 Å².